The van der Waals surface area contributed by atoms with Gasteiger partial charge in [0.1, 0.15) is 16.5 Å². The first-order valence-electron chi connectivity index (χ1n) is 7.20. The third-order valence-electron chi connectivity index (χ3n) is 3.76. The molecule has 0 spiro atoms. The fraction of sp³-hybridized carbons (Fsp3) is 0.400. The summed E-state index contributed by atoms with van der Waals surface area (Å²) in [7, 11) is -4.11. The highest BCUT2D eigenvalue weighted by Gasteiger charge is 2.33. The molecule has 23 heavy (non-hydrogen) atoms. The minimum atomic E-state index is -4.11. The van der Waals surface area contributed by atoms with E-state index in [-0.39, 0.29) is 24.9 Å². The van der Waals surface area contributed by atoms with E-state index in [0.29, 0.717) is 25.5 Å². The second kappa shape index (κ2) is 7.18. The second-order valence-electron chi connectivity index (χ2n) is 5.29. The minimum absolute atomic E-state index is 0.0878. The molecule has 8 heteroatoms. The number of rotatable bonds is 5. The van der Waals surface area contributed by atoms with Crippen LogP contribution in [0.25, 0.3) is 0 Å². The summed E-state index contributed by atoms with van der Waals surface area (Å²) in [5.74, 6) is -2.25. The molecule has 0 radical (unpaired) electrons. The summed E-state index contributed by atoms with van der Waals surface area (Å²) in [5.41, 5.74) is 0. The van der Waals surface area contributed by atoms with E-state index >= 15 is 0 Å². The van der Waals surface area contributed by atoms with Crippen molar-refractivity contribution in [2.24, 2.45) is 5.92 Å². The van der Waals surface area contributed by atoms with Gasteiger partial charge in [0.25, 0.3) is 0 Å². The van der Waals surface area contributed by atoms with E-state index in [1.54, 1.807) is 6.08 Å². The quantitative estimate of drug-likeness (QED) is 0.827. The molecule has 1 aliphatic rings. The van der Waals surface area contributed by atoms with Gasteiger partial charge in [-0.15, -0.1) is 6.58 Å². The molecular formula is C15H18F2N2O3S. The molecule has 5 nitrogen and oxygen atoms in total. The van der Waals surface area contributed by atoms with Crippen molar-refractivity contribution in [3.05, 3.63) is 42.5 Å². The molecule has 1 aromatic rings. The molecule has 0 bridgehead atoms. The fourth-order valence-corrected chi connectivity index (χ4v) is 4.04. The van der Waals surface area contributed by atoms with Crippen molar-refractivity contribution in [1.82, 2.24) is 9.62 Å². The number of nitrogens with zero attached hydrogens (tertiary/aromatic N) is 1. The standard InChI is InChI=1S/C15H18F2N2O3S/c1-2-7-18-15(20)11-5-8-19(9-6-11)23(21,22)14-10-12(16)3-4-13(14)17/h2-4,10-11H,1,5-9H2,(H,18,20). The maximum atomic E-state index is 13.7. The van der Waals surface area contributed by atoms with Gasteiger partial charge >= 0.3 is 0 Å². The number of carbonyl (C=O) groups excluding carboxylic acids is 1. The van der Waals surface area contributed by atoms with E-state index in [1.165, 1.54) is 0 Å². The van der Waals surface area contributed by atoms with E-state index in [1.807, 2.05) is 0 Å². The van der Waals surface area contributed by atoms with Crippen LogP contribution < -0.4 is 5.32 Å². The molecule has 1 saturated heterocycles. The van der Waals surface area contributed by atoms with Crippen LogP contribution in [-0.2, 0) is 14.8 Å². The zero-order chi connectivity index (χ0) is 17.0. The summed E-state index contributed by atoms with van der Waals surface area (Å²) in [6, 6.07) is 2.33. The number of nitrogens with one attached hydrogen (secondary N) is 1. The van der Waals surface area contributed by atoms with Crippen LogP contribution in [0.4, 0.5) is 8.78 Å². The summed E-state index contributed by atoms with van der Waals surface area (Å²) in [6.07, 6.45) is 2.22. The molecule has 1 amide bonds. The summed E-state index contributed by atoms with van der Waals surface area (Å²) in [5, 5.41) is 2.67. The van der Waals surface area contributed by atoms with Crippen LogP contribution in [0.3, 0.4) is 0 Å². The van der Waals surface area contributed by atoms with Gasteiger partial charge < -0.3 is 5.32 Å². The van der Waals surface area contributed by atoms with Gasteiger partial charge in [0, 0.05) is 25.6 Å². The van der Waals surface area contributed by atoms with Crippen molar-refractivity contribution >= 4 is 15.9 Å². The fourth-order valence-electron chi connectivity index (χ4n) is 2.49. The van der Waals surface area contributed by atoms with Gasteiger partial charge in [-0.25, -0.2) is 17.2 Å². The van der Waals surface area contributed by atoms with Crippen LogP contribution in [0.2, 0.25) is 0 Å². The number of carbonyl (C=O) groups is 1. The predicted octanol–water partition coefficient (Wildman–Crippen LogP) is 1.67. The molecule has 1 fully saturated rings. The van der Waals surface area contributed by atoms with Crippen molar-refractivity contribution < 1.29 is 22.0 Å². The van der Waals surface area contributed by atoms with Crippen LogP contribution in [-0.4, -0.2) is 38.3 Å². The van der Waals surface area contributed by atoms with Crippen LogP contribution >= 0.6 is 0 Å². The van der Waals surface area contributed by atoms with Crippen LogP contribution in [0.5, 0.6) is 0 Å². The number of hydrogen-bond acceptors (Lipinski definition) is 3. The van der Waals surface area contributed by atoms with Crippen molar-refractivity contribution in [3.63, 3.8) is 0 Å². The first-order chi connectivity index (χ1) is 10.9. The number of halogens is 2. The minimum Gasteiger partial charge on any atom is -0.352 e. The van der Waals surface area contributed by atoms with E-state index in [0.717, 1.165) is 16.4 Å². The highest BCUT2D eigenvalue weighted by molar-refractivity contribution is 7.89. The Hall–Kier alpha value is -1.80. The average molecular weight is 344 g/mol. The Labute approximate surface area is 134 Å². The highest BCUT2D eigenvalue weighted by atomic mass is 32.2. The van der Waals surface area contributed by atoms with E-state index in [2.05, 4.69) is 11.9 Å². The molecule has 2 rings (SSSR count). The van der Waals surface area contributed by atoms with Gasteiger partial charge in [-0.3, -0.25) is 4.79 Å². The monoisotopic (exact) mass is 344 g/mol. The van der Waals surface area contributed by atoms with Gasteiger partial charge in [-0.1, -0.05) is 6.08 Å². The van der Waals surface area contributed by atoms with Crippen molar-refractivity contribution in [2.75, 3.05) is 19.6 Å². The number of sulfonamides is 1. The molecule has 0 atom stereocenters. The Morgan fingerprint density at radius 3 is 2.61 bits per heavy atom. The Kier molecular flexibility index (Phi) is 5.48. The van der Waals surface area contributed by atoms with Crippen molar-refractivity contribution in [3.8, 4) is 0 Å². The van der Waals surface area contributed by atoms with Crippen molar-refractivity contribution in [1.29, 1.82) is 0 Å². The Morgan fingerprint density at radius 1 is 1.35 bits per heavy atom. The Balaban J connectivity index is 2.08. The molecule has 126 valence electrons. The first kappa shape index (κ1) is 17.6. The van der Waals surface area contributed by atoms with Gasteiger partial charge in [0.2, 0.25) is 15.9 Å². The molecule has 0 aromatic heterocycles. The molecular weight excluding hydrogens is 326 g/mol. The number of amides is 1. The average Bonchev–Trinajstić information content (AvgIpc) is 2.54. The molecule has 0 saturated carbocycles. The lowest BCUT2D eigenvalue weighted by Gasteiger charge is -2.30. The maximum absolute atomic E-state index is 13.7. The Bertz CT molecular complexity index is 699. The molecule has 1 aliphatic heterocycles. The third kappa shape index (κ3) is 3.94. The zero-order valence-corrected chi connectivity index (χ0v) is 13.3. The molecule has 0 aliphatic carbocycles. The summed E-state index contributed by atoms with van der Waals surface area (Å²) in [4.78, 5) is 11.2. The summed E-state index contributed by atoms with van der Waals surface area (Å²) in [6.45, 7) is 4.03. The van der Waals surface area contributed by atoms with E-state index in [9.17, 15) is 22.0 Å². The lowest BCUT2D eigenvalue weighted by Crippen LogP contribution is -2.43. The lowest BCUT2D eigenvalue weighted by molar-refractivity contribution is -0.125. The molecule has 1 aromatic carbocycles. The van der Waals surface area contributed by atoms with Crippen LogP contribution in [0, 0.1) is 17.6 Å². The molecule has 1 heterocycles. The summed E-state index contributed by atoms with van der Waals surface area (Å²) < 4.78 is 52.9. The number of benzene rings is 1. The zero-order valence-electron chi connectivity index (χ0n) is 12.5. The van der Waals surface area contributed by atoms with Crippen LogP contribution in [0.1, 0.15) is 12.8 Å². The lowest BCUT2D eigenvalue weighted by atomic mass is 9.97. The number of hydrogen-bond donors (Lipinski definition) is 1. The van der Waals surface area contributed by atoms with Gasteiger partial charge in [-0.2, -0.15) is 4.31 Å². The Morgan fingerprint density at radius 2 is 2.00 bits per heavy atom. The number of piperidine rings is 1. The van der Waals surface area contributed by atoms with Gasteiger partial charge in [0.15, 0.2) is 0 Å². The van der Waals surface area contributed by atoms with Gasteiger partial charge in [0.05, 0.1) is 0 Å². The molecule has 1 N–H and O–H groups in total. The normalized spacial score (nSPS) is 17.0. The van der Waals surface area contributed by atoms with Crippen LogP contribution in [0.15, 0.2) is 35.7 Å². The topological polar surface area (TPSA) is 66.5 Å². The van der Waals surface area contributed by atoms with E-state index in [4.69, 9.17) is 0 Å². The largest absolute Gasteiger partial charge is 0.352 e. The summed E-state index contributed by atoms with van der Waals surface area (Å²) >= 11 is 0. The first-order valence-corrected chi connectivity index (χ1v) is 8.64. The van der Waals surface area contributed by atoms with Crippen molar-refractivity contribution in [2.45, 2.75) is 17.7 Å². The van der Waals surface area contributed by atoms with Gasteiger partial charge in [-0.05, 0) is 31.0 Å². The predicted molar refractivity (Wildman–Crippen MR) is 81.0 cm³/mol. The maximum Gasteiger partial charge on any atom is 0.246 e. The van der Waals surface area contributed by atoms with E-state index < -0.39 is 26.6 Å². The second-order valence-corrected chi connectivity index (χ2v) is 7.19. The highest BCUT2D eigenvalue weighted by Crippen LogP contribution is 2.26. The smallest absolute Gasteiger partial charge is 0.246 e. The third-order valence-corrected chi connectivity index (χ3v) is 5.67. The molecule has 0 unspecified atom stereocenters. The SMILES string of the molecule is C=CCNC(=O)C1CCN(S(=O)(=O)c2cc(F)ccc2F)CC1.